The van der Waals surface area contributed by atoms with E-state index in [0.29, 0.717) is 0 Å². The van der Waals surface area contributed by atoms with Crippen LogP contribution in [-0.4, -0.2) is 12.3 Å². The predicted molar refractivity (Wildman–Crippen MR) is 83.9 cm³/mol. The van der Waals surface area contributed by atoms with Crippen LogP contribution < -0.4 is 0 Å². The van der Waals surface area contributed by atoms with Crippen molar-refractivity contribution < 1.29 is 14.3 Å². The number of carbonyl (C=O) groups is 1. The maximum atomic E-state index is 11.4. The van der Waals surface area contributed by atoms with Gasteiger partial charge in [-0.25, -0.2) is 4.79 Å². The molecule has 0 aromatic heterocycles. The summed E-state index contributed by atoms with van der Waals surface area (Å²) >= 11 is 0. The van der Waals surface area contributed by atoms with Gasteiger partial charge in [0.05, 0.1) is 0 Å². The summed E-state index contributed by atoms with van der Waals surface area (Å²) in [7, 11) is 0. The van der Waals surface area contributed by atoms with E-state index in [0.717, 1.165) is 18.4 Å². The van der Waals surface area contributed by atoms with Crippen molar-refractivity contribution in [2.45, 2.75) is 25.0 Å². The monoisotopic (exact) mass is 290 g/mol. The fourth-order valence-electron chi connectivity index (χ4n) is 3.87. The van der Waals surface area contributed by atoms with E-state index in [1.165, 1.54) is 27.1 Å². The molecule has 1 heterocycles. The van der Waals surface area contributed by atoms with Crippen molar-refractivity contribution in [2.24, 2.45) is 0 Å². The molecule has 3 nitrogen and oxygen atoms in total. The van der Waals surface area contributed by atoms with Crippen LogP contribution in [0.2, 0.25) is 0 Å². The van der Waals surface area contributed by atoms with Crippen molar-refractivity contribution in [3.05, 3.63) is 59.7 Å². The predicted octanol–water partition coefficient (Wildman–Crippen LogP) is 4.52. The second kappa shape index (κ2) is 4.23. The minimum Gasteiger partial charge on any atom is -0.427 e. The van der Waals surface area contributed by atoms with E-state index in [1.807, 2.05) is 0 Å². The summed E-state index contributed by atoms with van der Waals surface area (Å²) in [5, 5.41) is 5.04. The first-order valence-corrected chi connectivity index (χ1v) is 7.62. The Morgan fingerprint density at radius 3 is 2.68 bits per heavy atom. The molecule has 0 amide bonds. The van der Waals surface area contributed by atoms with Crippen LogP contribution in [0, 0.1) is 0 Å². The molecule has 3 aromatic rings. The molecular weight excluding hydrogens is 276 g/mol. The highest BCUT2D eigenvalue weighted by atomic mass is 16.8. The summed E-state index contributed by atoms with van der Waals surface area (Å²) in [6, 6.07) is 17.0. The van der Waals surface area contributed by atoms with Crippen LogP contribution in [0.25, 0.3) is 21.5 Å². The summed E-state index contributed by atoms with van der Waals surface area (Å²) in [6.45, 7) is 0. The first-order valence-electron chi connectivity index (χ1n) is 7.62. The molecule has 1 fully saturated rings. The lowest BCUT2D eigenvalue weighted by Gasteiger charge is -2.25. The van der Waals surface area contributed by atoms with Crippen molar-refractivity contribution in [1.29, 1.82) is 0 Å². The van der Waals surface area contributed by atoms with Gasteiger partial charge < -0.3 is 9.47 Å². The molecule has 0 unspecified atom stereocenters. The molecule has 2 atom stereocenters. The highest BCUT2D eigenvalue weighted by Crippen LogP contribution is 2.42. The second-order valence-corrected chi connectivity index (χ2v) is 6.00. The zero-order chi connectivity index (χ0) is 14.7. The third kappa shape index (κ3) is 1.54. The molecule has 108 valence electrons. The zero-order valence-corrected chi connectivity index (χ0v) is 11.9. The summed E-state index contributed by atoms with van der Waals surface area (Å²) in [5.74, 6) is 0. The van der Waals surface area contributed by atoms with E-state index in [1.54, 1.807) is 0 Å². The van der Waals surface area contributed by atoms with Crippen LogP contribution in [0.4, 0.5) is 4.79 Å². The van der Waals surface area contributed by atoms with Crippen molar-refractivity contribution in [1.82, 2.24) is 0 Å². The smallest absolute Gasteiger partial charge is 0.427 e. The summed E-state index contributed by atoms with van der Waals surface area (Å²) in [4.78, 5) is 11.4. The normalized spacial score (nSPS) is 23.0. The number of hydrogen-bond donors (Lipinski definition) is 0. The van der Waals surface area contributed by atoms with Gasteiger partial charge in [-0.05, 0) is 39.9 Å². The molecule has 3 heteroatoms. The van der Waals surface area contributed by atoms with Gasteiger partial charge in [0.15, 0.2) is 6.10 Å². The van der Waals surface area contributed by atoms with E-state index < -0.39 is 6.16 Å². The molecule has 1 aliphatic carbocycles. The maximum Gasteiger partial charge on any atom is 0.509 e. The van der Waals surface area contributed by atoms with Crippen molar-refractivity contribution in [3.63, 3.8) is 0 Å². The summed E-state index contributed by atoms with van der Waals surface area (Å²) in [6.07, 6.45) is 0.838. The van der Waals surface area contributed by atoms with E-state index >= 15 is 0 Å². The van der Waals surface area contributed by atoms with Crippen molar-refractivity contribution in [3.8, 4) is 0 Å². The van der Waals surface area contributed by atoms with Gasteiger partial charge in [0.1, 0.15) is 6.10 Å². The Balaban J connectivity index is 1.80. The Morgan fingerprint density at radius 1 is 0.864 bits per heavy atom. The second-order valence-electron chi connectivity index (χ2n) is 6.00. The minimum atomic E-state index is -0.540. The fraction of sp³-hybridized carbons (Fsp3) is 0.211. The van der Waals surface area contributed by atoms with E-state index in [9.17, 15) is 4.79 Å². The van der Waals surface area contributed by atoms with Crippen LogP contribution in [0.3, 0.4) is 0 Å². The van der Waals surface area contributed by atoms with Gasteiger partial charge in [0.2, 0.25) is 0 Å². The molecule has 0 spiro atoms. The lowest BCUT2D eigenvalue weighted by atomic mass is 9.83. The molecule has 2 aliphatic rings. The molecule has 0 saturated carbocycles. The summed E-state index contributed by atoms with van der Waals surface area (Å²) in [5.41, 5.74) is 2.40. The van der Waals surface area contributed by atoms with Gasteiger partial charge in [-0.2, -0.15) is 0 Å². The van der Waals surface area contributed by atoms with Gasteiger partial charge in [0, 0.05) is 5.56 Å². The first-order chi connectivity index (χ1) is 10.8. The zero-order valence-electron chi connectivity index (χ0n) is 11.9. The van der Waals surface area contributed by atoms with Gasteiger partial charge in [-0.3, -0.25) is 0 Å². The maximum absolute atomic E-state index is 11.4. The molecule has 5 rings (SSSR count). The number of aryl methyl sites for hydroxylation is 1. The first kappa shape index (κ1) is 12.0. The largest absolute Gasteiger partial charge is 0.509 e. The number of carbonyl (C=O) groups excluding carboxylic acids is 1. The Bertz CT molecular complexity index is 929. The van der Waals surface area contributed by atoms with Crippen LogP contribution in [0.5, 0.6) is 0 Å². The fourth-order valence-corrected chi connectivity index (χ4v) is 3.87. The van der Waals surface area contributed by atoms with Crippen LogP contribution in [0.1, 0.15) is 23.7 Å². The Hall–Kier alpha value is -2.55. The quantitative estimate of drug-likeness (QED) is 0.451. The van der Waals surface area contributed by atoms with Crippen LogP contribution in [0.15, 0.2) is 48.5 Å². The van der Waals surface area contributed by atoms with Crippen molar-refractivity contribution in [2.75, 3.05) is 0 Å². The molecule has 0 radical (unpaired) electrons. The van der Waals surface area contributed by atoms with Gasteiger partial charge in [-0.1, -0.05) is 48.5 Å². The van der Waals surface area contributed by atoms with Gasteiger partial charge in [-0.15, -0.1) is 0 Å². The van der Waals surface area contributed by atoms with Gasteiger partial charge in [0.25, 0.3) is 0 Å². The highest BCUT2D eigenvalue weighted by Gasteiger charge is 2.41. The molecule has 1 aliphatic heterocycles. The molecular formula is C19H14O3. The molecule has 0 N–H and O–H groups in total. The van der Waals surface area contributed by atoms with Crippen molar-refractivity contribution >= 4 is 27.7 Å². The number of benzene rings is 3. The summed E-state index contributed by atoms with van der Waals surface area (Å²) < 4.78 is 10.6. The van der Waals surface area contributed by atoms with E-state index in [4.69, 9.17) is 9.47 Å². The number of hydrogen-bond acceptors (Lipinski definition) is 3. The highest BCUT2D eigenvalue weighted by molar-refractivity contribution is 6.08. The topological polar surface area (TPSA) is 35.5 Å². The van der Waals surface area contributed by atoms with Crippen LogP contribution in [-0.2, 0) is 15.9 Å². The van der Waals surface area contributed by atoms with E-state index in [-0.39, 0.29) is 12.2 Å². The Morgan fingerprint density at radius 2 is 1.73 bits per heavy atom. The lowest BCUT2D eigenvalue weighted by molar-refractivity contribution is 0.115. The van der Waals surface area contributed by atoms with E-state index in [2.05, 4.69) is 48.5 Å². The molecule has 1 saturated heterocycles. The third-order valence-corrected chi connectivity index (χ3v) is 4.87. The van der Waals surface area contributed by atoms with Gasteiger partial charge >= 0.3 is 6.16 Å². The third-order valence-electron chi connectivity index (χ3n) is 4.87. The number of rotatable bonds is 0. The SMILES string of the molecule is O=C1O[C@H]2CCc3c(ccc4c3ccc3ccccc34)[C@H]2O1. The van der Waals surface area contributed by atoms with Crippen LogP contribution >= 0.6 is 0 Å². The number of ether oxygens (including phenoxy) is 2. The number of fused-ring (bicyclic) bond motifs is 7. The average molecular weight is 290 g/mol. The Labute approximate surface area is 127 Å². The molecule has 3 aromatic carbocycles. The Kier molecular flexibility index (Phi) is 2.31. The minimum absolute atomic E-state index is 0.127. The molecule has 22 heavy (non-hydrogen) atoms. The standard InChI is InChI=1S/C19H14O3/c20-19-21-17-10-9-15-14-6-5-11-3-1-2-4-12(11)13(14)7-8-16(15)18(17)22-19/h1-8,17-18H,9-10H2/t17-,18+/m0/s1. The lowest BCUT2D eigenvalue weighted by Crippen LogP contribution is -2.22. The average Bonchev–Trinajstić information content (AvgIpc) is 2.94. The molecule has 0 bridgehead atoms.